The lowest BCUT2D eigenvalue weighted by molar-refractivity contribution is 0.152. The van der Waals surface area contributed by atoms with Gasteiger partial charge in [-0.15, -0.1) is 0 Å². The molecule has 2 aliphatic rings. The maximum absolute atomic E-state index is 3.75. The lowest BCUT2D eigenvalue weighted by atomic mass is 9.87. The normalized spacial score (nSPS) is 32.8. The summed E-state index contributed by atoms with van der Waals surface area (Å²) in [5, 5.41) is 3.75. The molecule has 0 radical (unpaired) electrons. The van der Waals surface area contributed by atoms with E-state index in [1.165, 1.54) is 65.0 Å². The number of nitrogens with one attached hydrogen (secondary N) is 1. The van der Waals surface area contributed by atoms with Crippen LogP contribution in [0.1, 0.15) is 32.6 Å². The van der Waals surface area contributed by atoms with Crippen LogP contribution in [-0.2, 0) is 0 Å². The second kappa shape index (κ2) is 6.72. The van der Waals surface area contributed by atoms with E-state index in [9.17, 15) is 0 Å². The first-order valence-corrected chi connectivity index (χ1v) is 7.38. The summed E-state index contributed by atoms with van der Waals surface area (Å²) in [6.45, 7) is 9.78. The molecule has 2 fully saturated rings. The lowest BCUT2D eigenvalue weighted by Gasteiger charge is -2.33. The van der Waals surface area contributed by atoms with Gasteiger partial charge in [0.25, 0.3) is 0 Å². The summed E-state index contributed by atoms with van der Waals surface area (Å²) in [6, 6.07) is 0.804. The molecule has 1 saturated carbocycles. The fraction of sp³-hybridized carbons (Fsp3) is 1.00. The molecule has 0 atom stereocenters. The number of hydrogen-bond donors (Lipinski definition) is 1. The molecular weight excluding hydrogens is 210 g/mol. The van der Waals surface area contributed by atoms with Gasteiger partial charge < -0.3 is 10.2 Å². The minimum atomic E-state index is 0.804. The number of nitrogens with zero attached hydrogens (tertiary/aromatic N) is 2. The number of likely N-dealkylation sites (N-methyl/N-ethyl adjacent to an activating group) is 1. The number of hydrogen-bond acceptors (Lipinski definition) is 3. The third-order valence-corrected chi connectivity index (χ3v) is 4.47. The van der Waals surface area contributed by atoms with Crippen molar-refractivity contribution in [2.75, 3.05) is 46.3 Å². The van der Waals surface area contributed by atoms with E-state index in [0.717, 1.165) is 12.0 Å². The first-order valence-electron chi connectivity index (χ1n) is 7.38. The van der Waals surface area contributed by atoms with Crippen molar-refractivity contribution >= 4 is 0 Å². The minimum Gasteiger partial charge on any atom is -0.313 e. The summed E-state index contributed by atoms with van der Waals surface area (Å²) in [7, 11) is 2.22. The van der Waals surface area contributed by atoms with Gasteiger partial charge in [0.2, 0.25) is 0 Å². The molecule has 1 saturated heterocycles. The van der Waals surface area contributed by atoms with Crippen molar-refractivity contribution in [2.45, 2.75) is 38.6 Å². The molecule has 3 nitrogen and oxygen atoms in total. The molecule has 0 bridgehead atoms. The van der Waals surface area contributed by atoms with Crippen LogP contribution in [0.25, 0.3) is 0 Å². The fourth-order valence-electron chi connectivity index (χ4n) is 2.96. The van der Waals surface area contributed by atoms with Crippen LogP contribution in [-0.4, -0.2) is 62.2 Å². The fourth-order valence-corrected chi connectivity index (χ4v) is 2.96. The Balaban J connectivity index is 1.54. The Labute approximate surface area is 107 Å². The maximum Gasteiger partial charge on any atom is 0.0110 e. The zero-order valence-electron chi connectivity index (χ0n) is 11.6. The van der Waals surface area contributed by atoms with Crippen LogP contribution < -0.4 is 5.32 Å². The molecule has 1 aliphatic heterocycles. The summed E-state index contributed by atoms with van der Waals surface area (Å²) < 4.78 is 0. The van der Waals surface area contributed by atoms with Gasteiger partial charge in [-0.05, 0) is 38.6 Å². The molecule has 17 heavy (non-hydrogen) atoms. The van der Waals surface area contributed by atoms with Gasteiger partial charge in [-0.2, -0.15) is 0 Å². The Bertz CT molecular complexity index is 182. The predicted molar refractivity (Wildman–Crippen MR) is 73.4 cm³/mol. The zero-order valence-corrected chi connectivity index (χ0v) is 11.6. The summed E-state index contributed by atoms with van der Waals surface area (Å²) in [4.78, 5) is 5.02. The lowest BCUT2D eigenvalue weighted by Crippen LogP contribution is -2.47. The Kier molecular flexibility index (Phi) is 5.26. The van der Waals surface area contributed by atoms with E-state index >= 15 is 0 Å². The van der Waals surface area contributed by atoms with Crippen molar-refractivity contribution in [3.8, 4) is 0 Å². The molecule has 1 aliphatic carbocycles. The van der Waals surface area contributed by atoms with Crippen LogP contribution in [0, 0.1) is 5.92 Å². The Morgan fingerprint density at radius 2 is 1.65 bits per heavy atom. The van der Waals surface area contributed by atoms with Gasteiger partial charge in [-0.25, -0.2) is 0 Å². The molecule has 2 rings (SSSR count). The SMILES string of the molecule is CC1CCC(NCCN2CCN(C)CC2)CC1. The van der Waals surface area contributed by atoms with E-state index in [0.29, 0.717) is 0 Å². The van der Waals surface area contributed by atoms with Gasteiger partial charge in [0.15, 0.2) is 0 Å². The van der Waals surface area contributed by atoms with E-state index in [4.69, 9.17) is 0 Å². The standard InChI is InChI=1S/C14H29N3/c1-13-3-5-14(6-4-13)15-7-8-17-11-9-16(2)10-12-17/h13-15H,3-12H2,1-2H3. The monoisotopic (exact) mass is 239 g/mol. The van der Waals surface area contributed by atoms with Gasteiger partial charge in [-0.3, -0.25) is 4.90 Å². The second-order valence-corrected chi connectivity index (χ2v) is 6.06. The Hall–Kier alpha value is -0.120. The zero-order chi connectivity index (χ0) is 12.1. The molecule has 1 heterocycles. The predicted octanol–water partition coefficient (Wildman–Crippen LogP) is 1.40. The molecule has 100 valence electrons. The molecule has 0 spiro atoms. The van der Waals surface area contributed by atoms with Crippen LogP contribution in [0.5, 0.6) is 0 Å². The van der Waals surface area contributed by atoms with Crippen molar-refractivity contribution in [1.29, 1.82) is 0 Å². The van der Waals surface area contributed by atoms with Crippen LogP contribution >= 0.6 is 0 Å². The largest absolute Gasteiger partial charge is 0.313 e. The summed E-state index contributed by atoms with van der Waals surface area (Å²) in [5.41, 5.74) is 0. The first kappa shape index (κ1) is 13.3. The van der Waals surface area contributed by atoms with Crippen LogP contribution in [0.2, 0.25) is 0 Å². The van der Waals surface area contributed by atoms with Crippen molar-refractivity contribution < 1.29 is 0 Å². The van der Waals surface area contributed by atoms with Gasteiger partial charge in [0, 0.05) is 45.3 Å². The minimum absolute atomic E-state index is 0.804. The van der Waals surface area contributed by atoms with Gasteiger partial charge in [0.05, 0.1) is 0 Å². The van der Waals surface area contributed by atoms with Crippen molar-refractivity contribution in [2.24, 2.45) is 5.92 Å². The molecule has 0 unspecified atom stereocenters. The highest BCUT2D eigenvalue weighted by Gasteiger charge is 2.18. The third kappa shape index (κ3) is 4.57. The summed E-state index contributed by atoms with van der Waals surface area (Å²) in [6.07, 6.45) is 5.63. The van der Waals surface area contributed by atoms with Crippen molar-refractivity contribution in [3.05, 3.63) is 0 Å². The molecule has 0 aromatic carbocycles. The van der Waals surface area contributed by atoms with E-state index in [1.54, 1.807) is 0 Å². The number of rotatable bonds is 4. The highest BCUT2D eigenvalue weighted by atomic mass is 15.2. The molecular formula is C14H29N3. The van der Waals surface area contributed by atoms with Gasteiger partial charge in [-0.1, -0.05) is 6.92 Å². The second-order valence-electron chi connectivity index (χ2n) is 6.06. The van der Waals surface area contributed by atoms with Crippen molar-refractivity contribution in [1.82, 2.24) is 15.1 Å². The van der Waals surface area contributed by atoms with Crippen molar-refractivity contribution in [3.63, 3.8) is 0 Å². The molecule has 1 N–H and O–H groups in total. The average Bonchev–Trinajstić information content (AvgIpc) is 2.34. The topological polar surface area (TPSA) is 18.5 Å². The Morgan fingerprint density at radius 1 is 1.00 bits per heavy atom. The first-order chi connectivity index (χ1) is 8.24. The van der Waals surface area contributed by atoms with E-state index < -0.39 is 0 Å². The quantitative estimate of drug-likeness (QED) is 0.800. The van der Waals surface area contributed by atoms with E-state index in [-0.39, 0.29) is 0 Å². The number of piperazine rings is 1. The average molecular weight is 239 g/mol. The van der Waals surface area contributed by atoms with Gasteiger partial charge in [0.1, 0.15) is 0 Å². The molecule has 0 aromatic rings. The third-order valence-electron chi connectivity index (χ3n) is 4.47. The van der Waals surface area contributed by atoms with Crippen LogP contribution in [0.15, 0.2) is 0 Å². The van der Waals surface area contributed by atoms with Crippen LogP contribution in [0.3, 0.4) is 0 Å². The van der Waals surface area contributed by atoms with E-state index in [2.05, 4.69) is 29.1 Å². The highest BCUT2D eigenvalue weighted by Crippen LogP contribution is 2.23. The maximum atomic E-state index is 3.75. The smallest absolute Gasteiger partial charge is 0.0110 e. The molecule has 0 aromatic heterocycles. The summed E-state index contributed by atoms with van der Waals surface area (Å²) >= 11 is 0. The Morgan fingerprint density at radius 3 is 2.29 bits per heavy atom. The highest BCUT2D eigenvalue weighted by molar-refractivity contribution is 4.76. The van der Waals surface area contributed by atoms with E-state index in [1.807, 2.05) is 0 Å². The van der Waals surface area contributed by atoms with Crippen LogP contribution in [0.4, 0.5) is 0 Å². The van der Waals surface area contributed by atoms with Gasteiger partial charge >= 0.3 is 0 Å². The molecule has 0 amide bonds. The molecule has 3 heteroatoms. The summed E-state index contributed by atoms with van der Waals surface area (Å²) in [5.74, 6) is 0.964.